The van der Waals surface area contributed by atoms with Crippen molar-refractivity contribution in [1.82, 2.24) is 0 Å². The van der Waals surface area contributed by atoms with Crippen LogP contribution in [0.5, 0.6) is 0 Å². The number of hydrogen-bond donors (Lipinski definition) is 1. The van der Waals surface area contributed by atoms with E-state index in [2.05, 4.69) is 48.5 Å². The summed E-state index contributed by atoms with van der Waals surface area (Å²) in [5.41, 5.74) is 5.04. The topological polar surface area (TPSA) is 20.2 Å². The van der Waals surface area contributed by atoms with E-state index < -0.39 is 0 Å². The van der Waals surface area contributed by atoms with Crippen molar-refractivity contribution in [2.75, 3.05) is 0 Å². The Balaban J connectivity index is 1.60. The van der Waals surface area contributed by atoms with Gasteiger partial charge in [-0.15, -0.1) is 0 Å². The molecule has 0 amide bonds. The fourth-order valence-corrected chi connectivity index (χ4v) is 9.30. The van der Waals surface area contributed by atoms with Crippen LogP contribution in [0.4, 0.5) is 0 Å². The van der Waals surface area contributed by atoms with E-state index in [0.29, 0.717) is 28.1 Å². The third-order valence-electron chi connectivity index (χ3n) is 11.5. The minimum Gasteiger partial charge on any atom is -0.393 e. The van der Waals surface area contributed by atoms with Crippen molar-refractivity contribution < 1.29 is 5.11 Å². The fourth-order valence-electron chi connectivity index (χ4n) is 9.30. The molecule has 0 aromatic carbocycles. The molecule has 4 aliphatic carbocycles. The molecule has 1 heteroatoms. The van der Waals surface area contributed by atoms with Crippen molar-refractivity contribution in [3.63, 3.8) is 0 Å². The summed E-state index contributed by atoms with van der Waals surface area (Å²) in [6.07, 6.45) is 14.6. The quantitative estimate of drug-likeness (QED) is 0.450. The Morgan fingerprint density at radius 1 is 0.900 bits per heavy atom. The highest BCUT2D eigenvalue weighted by molar-refractivity contribution is 5.38. The van der Waals surface area contributed by atoms with E-state index in [9.17, 15) is 5.11 Å². The van der Waals surface area contributed by atoms with E-state index in [1.807, 2.05) is 11.1 Å². The Kier molecular flexibility index (Phi) is 6.05. The Morgan fingerprint density at radius 3 is 2.33 bits per heavy atom. The molecule has 30 heavy (non-hydrogen) atoms. The molecule has 0 aromatic rings. The largest absolute Gasteiger partial charge is 0.393 e. The van der Waals surface area contributed by atoms with Gasteiger partial charge in [0.15, 0.2) is 0 Å². The number of hydrogen-bond acceptors (Lipinski definition) is 1. The van der Waals surface area contributed by atoms with Crippen molar-refractivity contribution in [2.45, 2.75) is 125 Å². The second-order valence-electron chi connectivity index (χ2n) is 13.2. The van der Waals surface area contributed by atoms with Gasteiger partial charge in [0, 0.05) is 0 Å². The Morgan fingerprint density at radius 2 is 1.63 bits per heavy atom. The van der Waals surface area contributed by atoms with E-state index >= 15 is 0 Å². The summed E-state index contributed by atoms with van der Waals surface area (Å²) in [7, 11) is 0. The predicted molar refractivity (Wildman–Crippen MR) is 128 cm³/mol. The maximum atomic E-state index is 10.6. The molecule has 172 valence electrons. The molecule has 1 unspecified atom stereocenters. The molecule has 4 rings (SSSR count). The molecule has 1 N–H and O–H groups in total. The van der Waals surface area contributed by atoms with Gasteiger partial charge in [-0.2, -0.15) is 0 Å². The zero-order chi connectivity index (χ0) is 21.9. The number of aliphatic hydroxyl groups is 1. The maximum Gasteiger partial charge on any atom is 0.0569 e. The smallest absolute Gasteiger partial charge is 0.0569 e. The molecule has 2 saturated carbocycles. The SMILES string of the molecule is CC(C)CCC[C@@H](C)[C@H]1CC[C@@]2(C)C3=C(CC[C@]12C)[C@@]1(C)CC[C@H](O)[C@@H](C)C1CC3. The van der Waals surface area contributed by atoms with E-state index in [1.54, 1.807) is 0 Å². The Hall–Kier alpha value is -0.300. The second kappa shape index (κ2) is 7.93. The number of fused-ring (bicyclic) bond motifs is 4. The van der Waals surface area contributed by atoms with Crippen molar-refractivity contribution in [3.05, 3.63) is 11.1 Å². The second-order valence-corrected chi connectivity index (χ2v) is 13.2. The number of allylic oxidation sites excluding steroid dienone is 2. The molecular weight excluding hydrogens is 364 g/mol. The van der Waals surface area contributed by atoms with Gasteiger partial charge in [-0.05, 0) is 97.2 Å². The highest BCUT2D eigenvalue weighted by atomic mass is 16.3. The third-order valence-corrected chi connectivity index (χ3v) is 11.5. The van der Waals surface area contributed by atoms with E-state index in [1.165, 1.54) is 64.2 Å². The van der Waals surface area contributed by atoms with Gasteiger partial charge in [0.2, 0.25) is 0 Å². The van der Waals surface area contributed by atoms with E-state index in [-0.39, 0.29) is 6.10 Å². The van der Waals surface area contributed by atoms with E-state index in [4.69, 9.17) is 0 Å². The van der Waals surface area contributed by atoms with Crippen LogP contribution in [0, 0.1) is 45.8 Å². The van der Waals surface area contributed by atoms with Crippen LogP contribution in [-0.4, -0.2) is 11.2 Å². The van der Waals surface area contributed by atoms with Crippen LogP contribution in [0.2, 0.25) is 0 Å². The average Bonchev–Trinajstić information content (AvgIpc) is 2.96. The molecule has 0 bridgehead atoms. The number of rotatable bonds is 5. The van der Waals surface area contributed by atoms with Gasteiger partial charge >= 0.3 is 0 Å². The highest BCUT2D eigenvalue weighted by Crippen LogP contribution is 2.71. The fraction of sp³-hybridized carbons (Fsp3) is 0.931. The van der Waals surface area contributed by atoms with Crippen LogP contribution < -0.4 is 0 Å². The molecule has 0 heterocycles. The normalized spacial score (nSPS) is 47.1. The molecule has 0 aliphatic heterocycles. The van der Waals surface area contributed by atoms with Crippen LogP contribution in [0.15, 0.2) is 11.1 Å². The molecule has 0 aromatic heterocycles. The summed E-state index contributed by atoms with van der Waals surface area (Å²) in [5, 5.41) is 10.6. The van der Waals surface area contributed by atoms with Crippen LogP contribution in [0.1, 0.15) is 119 Å². The predicted octanol–water partition coefficient (Wildman–Crippen LogP) is 8.17. The van der Waals surface area contributed by atoms with Gasteiger partial charge in [-0.3, -0.25) is 0 Å². The zero-order valence-electron chi connectivity index (χ0n) is 21.2. The van der Waals surface area contributed by atoms with Gasteiger partial charge in [-0.25, -0.2) is 0 Å². The van der Waals surface area contributed by atoms with Gasteiger partial charge in [0.25, 0.3) is 0 Å². The molecule has 0 radical (unpaired) electrons. The summed E-state index contributed by atoms with van der Waals surface area (Å²) < 4.78 is 0. The lowest BCUT2D eigenvalue weighted by molar-refractivity contribution is -0.0413. The summed E-state index contributed by atoms with van der Waals surface area (Å²) in [6.45, 7) is 17.6. The Bertz CT molecular complexity index is 676. The van der Waals surface area contributed by atoms with Crippen LogP contribution in [0.3, 0.4) is 0 Å². The molecule has 2 fully saturated rings. The van der Waals surface area contributed by atoms with Crippen molar-refractivity contribution in [3.8, 4) is 0 Å². The van der Waals surface area contributed by atoms with Gasteiger partial charge in [0.05, 0.1) is 6.10 Å². The first-order chi connectivity index (χ1) is 14.0. The van der Waals surface area contributed by atoms with Gasteiger partial charge in [0.1, 0.15) is 0 Å². The summed E-state index contributed by atoms with van der Waals surface area (Å²) in [6, 6.07) is 0. The highest BCUT2D eigenvalue weighted by Gasteiger charge is 2.62. The molecule has 0 spiro atoms. The monoisotopic (exact) mass is 414 g/mol. The minimum atomic E-state index is -0.0720. The zero-order valence-corrected chi connectivity index (χ0v) is 21.2. The molecular formula is C29H50O. The van der Waals surface area contributed by atoms with Crippen molar-refractivity contribution >= 4 is 0 Å². The number of aliphatic hydroxyl groups excluding tert-OH is 1. The van der Waals surface area contributed by atoms with Crippen LogP contribution >= 0.6 is 0 Å². The lowest BCUT2D eigenvalue weighted by atomic mass is 9.45. The molecule has 0 saturated heterocycles. The third kappa shape index (κ3) is 3.27. The van der Waals surface area contributed by atoms with Crippen LogP contribution in [0.25, 0.3) is 0 Å². The lowest BCUT2D eigenvalue weighted by Crippen LogP contribution is -2.51. The van der Waals surface area contributed by atoms with E-state index in [0.717, 1.165) is 24.2 Å². The molecule has 4 aliphatic rings. The van der Waals surface area contributed by atoms with Gasteiger partial charge in [-0.1, -0.05) is 78.9 Å². The van der Waals surface area contributed by atoms with Crippen molar-refractivity contribution in [2.24, 2.45) is 45.8 Å². The molecule has 8 atom stereocenters. The first-order valence-electron chi connectivity index (χ1n) is 13.5. The lowest BCUT2D eigenvalue weighted by Gasteiger charge is -2.60. The van der Waals surface area contributed by atoms with Crippen LogP contribution in [-0.2, 0) is 0 Å². The maximum absolute atomic E-state index is 10.6. The summed E-state index contributed by atoms with van der Waals surface area (Å²) in [4.78, 5) is 0. The van der Waals surface area contributed by atoms with Gasteiger partial charge < -0.3 is 5.11 Å². The summed E-state index contributed by atoms with van der Waals surface area (Å²) in [5.74, 6) is 3.78. The first-order valence-corrected chi connectivity index (χ1v) is 13.5. The minimum absolute atomic E-state index is 0.0720. The van der Waals surface area contributed by atoms with Crippen molar-refractivity contribution in [1.29, 1.82) is 0 Å². The first kappa shape index (κ1) is 22.9. The molecule has 1 nitrogen and oxygen atoms in total. The standard InChI is InChI=1S/C29H50O/c1-19(2)9-8-10-20(3)22-13-17-29(7)25-12-11-23-21(4)26(30)15-16-27(23,5)24(25)14-18-28(22,29)6/h19-23,26,30H,8-18H2,1-7H3/t20-,21+,22-,23?,26+,27+,28-,29+/m1/s1. The average molecular weight is 415 g/mol. The summed E-state index contributed by atoms with van der Waals surface area (Å²) >= 11 is 0. The Labute approximate surface area is 187 Å².